The van der Waals surface area contributed by atoms with Crippen LogP contribution in [0.2, 0.25) is 0 Å². The summed E-state index contributed by atoms with van der Waals surface area (Å²) in [7, 11) is 0. The first-order chi connectivity index (χ1) is 17.6. The van der Waals surface area contributed by atoms with Crippen LogP contribution in [0, 0.1) is 46.3 Å². The molecule has 4 aliphatic carbocycles. The van der Waals surface area contributed by atoms with Gasteiger partial charge >= 0.3 is 0 Å². The highest BCUT2D eigenvalue weighted by Crippen LogP contribution is 2.69. The smallest absolute Gasteiger partial charge is 0.0921 e. The molecule has 0 bridgehead atoms. The van der Waals surface area contributed by atoms with E-state index < -0.39 is 5.60 Å². The zero-order valence-electron chi connectivity index (χ0n) is 24.3. The molecule has 1 aromatic heterocycles. The van der Waals surface area contributed by atoms with Crippen molar-refractivity contribution in [3.05, 3.63) is 18.2 Å². The summed E-state index contributed by atoms with van der Waals surface area (Å²) in [6, 6.07) is 0.0430. The summed E-state index contributed by atoms with van der Waals surface area (Å²) >= 11 is 0. The van der Waals surface area contributed by atoms with E-state index in [0.717, 1.165) is 61.6 Å². The monoisotopic (exact) mass is 513 g/mol. The van der Waals surface area contributed by atoms with Gasteiger partial charge in [0.2, 0.25) is 0 Å². The van der Waals surface area contributed by atoms with Crippen molar-refractivity contribution in [2.45, 2.75) is 129 Å². The van der Waals surface area contributed by atoms with E-state index >= 15 is 0 Å². The van der Waals surface area contributed by atoms with Crippen molar-refractivity contribution in [1.29, 1.82) is 0 Å². The number of rotatable bonds is 9. The van der Waals surface area contributed by atoms with E-state index in [-0.39, 0.29) is 17.6 Å². The van der Waals surface area contributed by atoms with Crippen LogP contribution in [0.15, 0.2) is 12.5 Å². The number of aromatic amines is 1. The van der Waals surface area contributed by atoms with Gasteiger partial charge in [0.05, 0.1) is 18.0 Å². The van der Waals surface area contributed by atoms with Crippen molar-refractivity contribution in [3.8, 4) is 0 Å². The second-order valence-electron chi connectivity index (χ2n) is 14.7. The lowest BCUT2D eigenvalue weighted by Crippen LogP contribution is -2.71. The number of hydrogen-bond donors (Lipinski definition) is 4. The molecule has 1 heterocycles. The highest BCUT2D eigenvalue weighted by Gasteiger charge is 2.67. The molecular formula is C32H55N3O2. The van der Waals surface area contributed by atoms with Gasteiger partial charge in [0.15, 0.2) is 0 Å². The number of imidazole rings is 1. The Morgan fingerprint density at radius 3 is 2.62 bits per heavy atom. The molecule has 4 saturated carbocycles. The van der Waals surface area contributed by atoms with Crippen LogP contribution < -0.4 is 5.32 Å². The third kappa shape index (κ3) is 4.84. The second-order valence-corrected chi connectivity index (χ2v) is 14.7. The molecule has 10 atom stereocenters. The standard InChI is InChI=1S/C32H55N3O2/c1-21(2)7-6-8-22(3)26-9-10-27-25-17-29(34-16-13-23-19-33-20-35-23)32(37)18-24(36)11-15-31(32,5)28(25)12-14-30(26,27)4/h19-22,24-29,34,36-37H,6-18H2,1-5H3,(H,33,35)/t22?,24-,25?,26+,27?,28?,29+,30+,31+,32-/m0/s1. The first-order valence-corrected chi connectivity index (χ1v) is 15.7. The van der Waals surface area contributed by atoms with E-state index in [1.54, 1.807) is 6.33 Å². The minimum atomic E-state index is -0.838. The minimum absolute atomic E-state index is 0.0430. The number of fused-ring (bicyclic) bond motifs is 5. The molecule has 0 aromatic carbocycles. The third-order valence-corrected chi connectivity index (χ3v) is 12.4. The van der Waals surface area contributed by atoms with E-state index in [4.69, 9.17) is 0 Å². The molecule has 5 rings (SSSR count). The molecule has 0 aliphatic heterocycles. The summed E-state index contributed by atoms with van der Waals surface area (Å²) < 4.78 is 0. The number of aromatic nitrogens is 2. The van der Waals surface area contributed by atoms with Crippen LogP contribution in [-0.4, -0.2) is 44.5 Å². The zero-order chi connectivity index (χ0) is 26.4. The molecule has 210 valence electrons. The summed E-state index contributed by atoms with van der Waals surface area (Å²) in [6.07, 6.45) is 16.9. The quantitative estimate of drug-likeness (QED) is 0.321. The van der Waals surface area contributed by atoms with E-state index in [0.29, 0.717) is 23.7 Å². The van der Waals surface area contributed by atoms with Crippen LogP contribution in [0.4, 0.5) is 0 Å². The summed E-state index contributed by atoms with van der Waals surface area (Å²) in [4.78, 5) is 7.39. The van der Waals surface area contributed by atoms with E-state index in [9.17, 15) is 10.2 Å². The van der Waals surface area contributed by atoms with Gasteiger partial charge in [-0.05, 0) is 85.9 Å². The average molecular weight is 514 g/mol. The SMILES string of the molecule is CC(C)CCCC(C)[C@H]1CCC2C3C[C@@H](NCCc4cnc[nH]4)[C@@]4(O)C[C@@H](O)CC[C@]4(C)C3CC[C@@]21C. The molecule has 5 heteroatoms. The number of nitrogens with one attached hydrogen (secondary N) is 2. The topological polar surface area (TPSA) is 81.2 Å². The molecule has 5 nitrogen and oxygen atoms in total. The Hall–Kier alpha value is -0.910. The average Bonchev–Trinajstić information content (AvgIpc) is 3.48. The largest absolute Gasteiger partial charge is 0.393 e. The molecule has 0 radical (unpaired) electrons. The van der Waals surface area contributed by atoms with Gasteiger partial charge in [-0.3, -0.25) is 0 Å². The second kappa shape index (κ2) is 10.6. The Balaban J connectivity index is 1.36. The van der Waals surface area contributed by atoms with E-state index in [2.05, 4.69) is 49.9 Å². The minimum Gasteiger partial charge on any atom is -0.393 e. The van der Waals surface area contributed by atoms with Crippen LogP contribution in [0.1, 0.15) is 111 Å². The van der Waals surface area contributed by atoms with Gasteiger partial charge in [0, 0.05) is 42.7 Å². The van der Waals surface area contributed by atoms with Crippen LogP contribution in [0.25, 0.3) is 0 Å². The summed E-state index contributed by atoms with van der Waals surface area (Å²) in [5.74, 6) is 4.49. The van der Waals surface area contributed by atoms with Gasteiger partial charge < -0.3 is 20.5 Å². The Bertz CT molecular complexity index is 889. The Labute approximate surface area is 226 Å². The Morgan fingerprint density at radius 1 is 1.08 bits per heavy atom. The predicted molar refractivity (Wildman–Crippen MR) is 150 cm³/mol. The molecule has 37 heavy (non-hydrogen) atoms. The first-order valence-electron chi connectivity index (χ1n) is 15.7. The lowest BCUT2D eigenvalue weighted by molar-refractivity contribution is -0.234. The fourth-order valence-corrected chi connectivity index (χ4v) is 10.4. The molecule has 0 amide bonds. The van der Waals surface area contributed by atoms with Gasteiger partial charge in [0.25, 0.3) is 0 Å². The Kier molecular flexibility index (Phi) is 7.90. The van der Waals surface area contributed by atoms with Gasteiger partial charge in [0.1, 0.15) is 0 Å². The maximum atomic E-state index is 12.4. The highest BCUT2D eigenvalue weighted by molar-refractivity contribution is 5.18. The summed E-state index contributed by atoms with van der Waals surface area (Å²) in [5, 5.41) is 27.0. The Morgan fingerprint density at radius 2 is 1.89 bits per heavy atom. The lowest BCUT2D eigenvalue weighted by Gasteiger charge is -2.66. The van der Waals surface area contributed by atoms with Gasteiger partial charge in [-0.1, -0.05) is 53.9 Å². The number of aliphatic hydroxyl groups excluding tert-OH is 1. The molecule has 4 aliphatic rings. The molecular weight excluding hydrogens is 458 g/mol. The highest BCUT2D eigenvalue weighted by atomic mass is 16.3. The van der Waals surface area contributed by atoms with Crippen LogP contribution in [0.5, 0.6) is 0 Å². The molecule has 4 N–H and O–H groups in total. The maximum Gasteiger partial charge on any atom is 0.0921 e. The van der Waals surface area contributed by atoms with Crippen molar-refractivity contribution < 1.29 is 10.2 Å². The van der Waals surface area contributed by atoms with Crippen LogP contribution >= 0.6 is 0 Å². The molecule has 4 fully saturated rings. The van der Waals surface area contributed by atoms with Crippen molar-refractivity contribution in [3.63, 3.8) is 0 Å². The van der Waals surface area contributed by atoms with Crippen LogP contribution in [-0.2, 0) is 6.42 Å². The van der Waals surface area contributed by atoms with Crippen molar-refractivity contribution in [2.75, 3.05) is 6.54 Å². The van der Waals surface area contributed by atoms with Crippen molar-refractivity contribution >= 4 is 0 Å². The molecule has 0 spiro atoms. The fourth-order valence-electron chi connectivity index (χ4n) is 10.4. The number of aliphatic hydroxyl groups is 2. The van der Waals surface area contributed by atoms with E-state index in [1.165, 1.54) is 44.9 Å². The van der Waals surface area contributed by atoms with E-state index in [1.807, 2.05) is 6.20 Å². The predicted octanol–water partition coefficient (Wildman–Crippen LogP) is 6.12. The first kappa shape index (κ1) is 27.6. The normalized spacial score (nSPS) is 44.3. The number of nitrogens with zero attached hydrogens (tertiary/aromatic N) is 1. The van der Waals surface area contributed by atoms with Crippen molar-refractivity contribution in [2.24, 2.45) is 46.3 Å². The van der Waals surface area contributed by atoms with Gasteiger partial charge in [-0.25, -0.2) is 4.98 Å². The molecule has 1 aromatic rings. The zero-order valence-corrected chi connectivity index (χ0v) is 24.3. The summed E-state index contributed by atoms with van der Waals surface area (Å²) in [5.41, 5.74) is 0.618. The fraction of sp³-hybridized carbons (Fsp3) is 0.906. The van der Waals surface area contributed by atoms with Gasteiger partial charge in [-0.15, -0.1) is 0 Å². The molecule has 4 unspecified atom stereocenters. The summed E-state index contributed by atoms with van der Waals surface area (Å²) in [6.45, 7) is 13.1. The maximum absolute atomic E-state index is 12.4. The number of H-pyrrole nitrogens is 1. The van der Waals surface area contributed by atoms with Crippen molar-refractivity contribution in [1.82, 2.24) is 15.3 Å². The number of hydrogen-bond acceptors (Lipinski definition) is 4. The molecule has 0 saturated heterocycles. The van der Waals surface area contributed by atoms with Gasteiger partial charge in [-0.2, -0.15) is 0 Å². The lowest BCUT2D eigenvalue weighted by atomic mass is 9.42. The third-order valence-electron chi connectivity index (χ3n) is 12.4. The van der Waals surface area contributed by atoms with Crippen LogP contribution in [0.3, 0.4) is 0 Å².